The van der Waals surface area contributed by atoms with E-state index in [0.717, 1.165) is 37.0 Å². The molecule has 0 saturated heterocycles. The van der Waals surface area contributed by atoms with Gasteiger partial charge in [0.1, 0.15) is 0 Å². The van der Waals surface area contributed by atoms with E-state index in [4.69, 9.17) is 4.55 Å². The van der Waals surface area contributed by atoms with E-state index in [0.29, 0.717) is 35.0 Å². The van der Waals surface area contributed by atoms with Gasteiger partial charge in [-0.1, -0.05) is 20.8 Å². The summed E-state index contributed by atoms with van der Waals surface area (Å²) in [5.41, 5.74) is 0.771. The SMILES string of the molecule is C[C@@H](CCC(=O)NCCS(=O)(=O)O)[C@H]1CC[C@H]2[C@@H]3CC[C@@H]4C[C@H](O)CC[C@]4(C)[C@H]3CC[C@]12C. The molecular formula is C26H45NO5S. The lowest BCUT2D eigenvalue weighted by Gasteiger charge is -2.61. The first-order valence-corrected chi connectivity index (χ1v) is 14.9. The molecule has 0 spiro atoms. The van der Waals surface area contributed by atoms with E-state index in [9.17, 15) is 18.3 Å². The number of aliphatic hydroxyl groups excluding tert-OH is 1. The zero-order valence-electron chi connectivity index (χ0n) is 20.8. The minimum absolute atomic E-state index is 0.0326. The third-order valence-electron chi connectivity index (χ3n) is 10.9. The Hall–Kier alpha value is -0.660. The summed E-state index contributed by atoms with van der Waals surface area (Å²) in [5.74, 6) is 3.68. The van der Waals surface area contributed by atoms with Crippen LogP contribution in [0.2, 0.25) is 0 Å². The van der Waals surface area contributed by atoms with Gasteiger partial charge in [0.05, 0.1) is 11.9 Å². The molecule has 6 nitrogen and oxygen atoms in total. The van der Waals surface area contributed by atoms with E-state index < -0.39 is 15.9 Å². The van der Waals surface area contributed by atoms with Crippen LogP contribution in [0.4, 0.5) is 0 Å². The molecule has 0 aliphatic heterocycles. The molecule has 0 radical (unpaired) electrons. The first kappa shape index (κ1) is 25.4. The number of hydrogen-bond donors (Lipinski definition) is 3. The summed E-state index contributed by atoms with van der Waals surface area (Å²) < 4.78 is 30.5. The summed E-state index contributed by atoms with van der Waals surface area (Å²) in [6.07, 6.45) is 12.1. The van der Waals surface area contributed by atoms with E-state index in [1.165, 1.54) is 44.9 Å². The molecule has 1 amide bonds. The van der Waals surface area contributed by atoms with Gasteiger partial charge in [0, 0.05) is 13.0 Å². The first-order chi connectivity index (χ1) is 15.4. The van der Waals surface area contributed by atoms with Crippen LogP contribution in [-0.4, -0.2) is 42.4 Å². The van der Waals surface area contributed by atoms with Crippen LogP contribution in [-0.2, 0) is 14.9 Å². The van der Waals surface area contributed by atoms with Gasteiger partial charge in [0.15, 0.2) is 0 Å². The van der Waals surface area contributed by atoms with Crippen molar-refractivity contribution in [2.24, 2.45) is 46.3 Å². The molecule has 4 aliphatic carbocycles. The van der Waals surface area contributed by atoms with Crippen molar-refractivity contribution in [3.63, 3.8) is 0 Å². The van der Waals surface area contributed by atoms with Crippen LogP contribution in [0.5, 0.6) is 0 Å². The number of carbonyl (C=O) groups excluding carboxylic acids is 1. The van der Waals surface area contributed by atoms with Crippen molar-refractivity contribution >= 4 is 16.0 Å². The number of rotatable bonds is 7. The molecule has 0 unspecified atom stereocenters. The highest BCUT2D eigenvalue weighted by molar-refractivity contribution is 7.85. The molecule has 0 aromatic rings. The highest BCUT2D eigenvalue weighted by atomic mass is 32.2. The summed E-state index contributed by atoms with van der Waals surface area (Å²) in [6, 6.07) is 0. The fourth-order valence-electron chi connectivity index (χ4n) is 9.18. The molecule has 0 aromatic heterocycles. The van der Waals surface area contributed by atoms with Crippen molar-refractivity contribution in [1.82, 2.24) is 5.32 Å². The van der Waals surface area contributed by atoms with Crippen LogP contribution in [0.15, 0.2) is 0 Å². The molecule has 0 heterocycles. The van der Waals surface area contributed by atoms with Gasteiger partial charge in [-0.2, -0.15) is 8.42 Å². The number of hydrogen-bond acceptors (Lipinski definition) is 4. The maximum atomic E-state index is 12.2. The fraction of sp³-hybridized carbons (Fsp3) is 0.962. The zero-order valence-corrected chi connectivity index (χ0v) is 21.6. The Balaban J connectivity index is 1.35. The minimum Gasteiger partial charge on any atom is -0.393 e. The van der Waals surface area contributed by atoms with E-state index in [1.807, 2.05) is 0 Å². The highest BCUT2D eigenvalue weighted by Crippen LogP contribution is 2.68. The van der Waals surface area contributed by atoms with Gasteiger partial charge >= 0.3 is 0 Å². The Bertz CT molecular complexity index is 831. The predicted molar refractivity (Wildman–Crippen MR) is 129 cm³/mol. The van der Waals surface area contributed by atoms with Gasteiger partial charge in [0.2, 0.25) is 5.91 Å². The number of amides is 1. The van der Waals surface area contributed by atoms with Gasteiger partial charge in [-0.3, -0.25) is 9.35 Å². The van der Waals surface area contributed by atoms with Crippen molar-refractivity contribution in [3.8, 4) is 0 Å². The molecule has 0 bridgehead atoms. The van der Waals surface area contributed by atoms with Gasteiger partial charge in [-0.05, 0) is 111 Å². The van der Waals surface area contributed by atoms with Gasteiger partial charge in [-0.25, -0.2) is 0 Å². The Morgan fingerprint density at radius 1 is 1.03 bits per heavy atom. The zero-order chi connectivity index (χ0) is 24.0. The fourth-order valence-corrected chi connectivity index (χ4v) is 9.54. The minimum atomic E-state index is -4.04. The van der Waals surface area contributed by atoms with E-state index in [1.54, 1.807) is 0 Å². The Labute approximate surface area is 200 Å². The second-order valence-corrected chi connectivity index (χ2v) is 14.0. The maximum absolute atomic E-state index is 12.2. The molecule has 4 aliphatic rings. The molecule has 33 heavy (non-hydrogen) atoms. The van der Waals surface area contributed by atoms with Crippen LogP contribution in [0.1, 0.15) is 91.4 Å². The van der Waals surface area contributed by atoms with Crippen molar-refractivity contribution in [2.75, 3.05) is 12.3 Å². The summed E-state index contributed by atoms with van der Waals surface area (Å²) in [4.78, 5) is 12.2. The normalized spacial score (nSPS) is 43.8. The average molecular weight is 484 g/mol. The number of nitrogens with one attached hydrogen (secondary N) is 1. The first-order valence-electron chi connectivity index (χ1n) is 13.3. The van der Waals surface area contributed by atoms with Crippen LogP contribution in [0.25, 0.3) is 0 Å². The Kier molecular flexibility index (Phi) is 7.26. The standard InChI is InChI=1S/C26H45NO5S/c1-17(4-9-24(29)27-14-15-33(30,31)32)21-7-8-22-20-6-5-18-16-19(28)10-12-25(18,2)23(20)11-13-26(21,22)3/h17-23,28H,4-16H2,1-3H3,(H,27,29)(H,30,31,32)/t17-,18+,19+,20-,21+,22-,23-,25-,26+/m0/s1. The average Bonchev–Trinajstić information content (AvgIpc) is 3.09. The Morgan fingerprint density at radius 2 is 1.73 bits per heavy atom. The second kappa shape index (κ2) is 9.42. The van der Waals surface area contributed by atoms with Gasteiger partial charge < -0.3 is 10.4 Å². The van der Waals surface area contributed by atoms with Crippen LogP contribution in [0.3, 0.4) is 0 Å². The lowest BCUT2D eigenvalue weighted by molar-refractivity contribution is -0.129. The lowest BCUT2D eigenvalue weighted by Crippen LogP contribution is -2.54. The molecular weight excluding hydrogens is 438 g/mol. The van der Waals surface area contributed by atoms with Crippen molar-refractivity contribution in [1.29, 1.82) is 0 Å². The quantitative estimate of drug-likeness (QED) is 0.465. The summed E-state index contributed by atoms with van der Waals surface area (Å²) in [7, 11) is -4.04. The topological polar surface area (TPSA) is 104 Å². The summed E-state index contributed by atoms with van der Waals surface area (Å²) in [5, 5.41) is 12.9. The van der Waals surface area contributed by atoms with Crippen LogP contribution < -0.4 is 5.32 Å². The summed E-state index contributed by atoms with van der Waals surface area (Å²) >= 11 is 0. The third kappa shape index (κ3) is 5.02. The second-order valence-electron chi connectivity index (χ2n) is 12.5. The van der Waals surface area contributed by atoms with E-state index in [-0.39, 0.29) is 18.6 Å². The monoisotopic (exact) mass is 483 g/mol. The predicted octanol–water partition coefficient (Wildman–Crippen LogP) is 4.43. The maximum Gasteiger partial charge on any atom is 0.266 e. The van der Waals surface area contributed by atoms with Crippen molar-refractivity contribution in [3.05, 3.63) is 0 Å². The molecule has 9 atom stereocenters. The van der Waals surface area contributed by atoms with E-state index >= 15 is 0 Å². The number of fused-ring (bicyclic) bond motifs is 5. The molecule has 4 fully saturated rings. The van der Waals surface area contributed by atoms with Crippen LogP contribution in [0, 0.1) is 46.3 Å². The molecule has 3 N–H and O–H groups in total. The largest absolute Gasteiger partial charge is 0.393 e. The lowest BCUT2D eigenvalue weighted by atomic mass is 9.44. The highest BCUT2D eigenvalue weighted by Gasteiger charge is 2.60. The molecule has 4 rings (SSSR count). The number of carbonyl (C=O) groups is 1. The van der Waals surface area contributed by atoms with Crippen molar-refractivity contribution in [2.45, 2.75) is 97.5 Å². The van der Waals surface area contributed by atoms with Gasteiger partial charge in [0.25, 0.3) is 10.1 Å². The molecule has 190 valence electrons. The van der Waals surface area contributed by atoms with Crippen molar-refractivity contribution < 1.29 is 22.9 Å². The summed E-state index contributed by atoms with van der Waals surface area (Å²) in [6.45, 7) is 7.34. The van der Waals surface area contributed by atoms with Gasteiger partial charge in [-0.15, -0.1) is 0 Å². The van der Waals surface area contributed by atoms with E-state index in [2.05, 4.69) is 26.1 Å². The third-order valence-corrected chi connectivity index (χ3v) is 11.6. The Morgan fingerprint density at radius 3 is 2.45 bits per heavy atom. The van der Waals surface area contributed by atoms with Crippen LogP contribution >= 0.6 is 0 Å². The molecule has 4 saturated carbocycles. The number of aliphatic hydroxyl groups is 1. The molecule has 7 heteroatoms. The smallest absolute Gasteiger partial charge is 0.266 e. The molecule has 0 aromatic carbocycles.